The summed E-state index contributed by atoms with van der Waals surface area (Å²) in [5, 5.41) is 0. The zero-order chi connectivity index (χ0) is 14.6. The second kappa shape index (κ2) is 5.79. The van der Waals surface area contributed by atoms with Crippen molar-refractivity contribution < 1.29 is 13.9 Å². The van der Waals surface area contributed by atoms with Gasteiger partial charge in [0.1, 0.15) is 18.1 Å². The first-order valence-corrected chi connectivity index (χ1v) is 6.30. The van der Waals surface area contributed by atoms with Crippen molar-refractivity contribution in [3.8, 4) is 5.75 Å². The minimum absolute atomic E-state index is 0.377. The number of primary amides is 1. The summed E-state index contributed by atoms with van der Waals surface area (Å²) in [6.45, 7) is 2.00. The van der Waals surface area contributed by atoms with E-state index in [-0.39, 0.29) is 0 Å². The summed E-state index contributed by atoms with van der Waals surface area (Å²) in [6, 6.07) is 11.1. The molecular weight excluding hydrogens is 256 g/mol. The lowest BCUT2D eigenvalue weighted by Gasteiger charge is -2.20. The van der Waals surface area contributed by atoms with Crippen LogP contribution in [0, 0.1) is 0 Å². The SMILES string of the molecule is CC(N)(Cc1ccc(OCc2ccco2)cc1)C(N)=O. The third-order valence-electron chi connectivity index (χ3n) is 3.02. The van der Waals surface area contributed by atoms with Crippen molar-refractivity contribution in [2.45, 2.75) is 25.5 Å². The molecule has 20 heavy (non-hydrogen) atoms. The highest BCUT2D eigenvalue weighted by Gasteiger charge is 2.25. The number of carbonyl (C=O) groups is 1. The maximum atomic E-state index is 11.2. The lowest BCUT2D eigenvalue weighted by Crippen LogP contribution is -2.51. The molecule has 1 aromatic carbocycles. The van der Waals surface area contributed by atoms with Gasteiger partial charge >= 0.3 is 0 Å². The summed E-state index contributed by atoms with van der Waals surface area (Å²) in [5.74, 6) is 0.968. The molecule has 0 fully saturated rings. The van der Waals surface area contributed by atoms with Gasteiger partial charge in [-0.2, -0.15) is 0 Å². The lowest BCUT2D eigenvalue weighted by molar-refractivity contribution is -0.122. The van der Waals surface area contributed by atoms with E-state index in [0.717, 1.165) is 17.1 Å². The minimum Gasteiger partial charge on any atom is -0.486 e. The van der Waals surface area contributed by atoms with Crippen molar-refractivity contribution in [2.75, 3.05) is 0 Å². The Kier molecular flexibility index (Phi) is 4.10. The number of carbonyl (C=O) groups excluding carboxylic acids is 1. The number of hydrogen-bond acceptors (Lipinski definition) is 4. The number of rotatable bonds is 6. The third kappa shape index (κ3) is 3.61. The van der Waals surface area contributed by atoms with E-state index in [0.29, 0.717) is 13.0 Å². The van der Waals surface area contributed by atoms with E-state index in [9.17, 15) is 4.79 Å². The smallest absolute Gasteiger partial charge is 0.237 e. The Morgan fingerprint density at radius 1 is 1.30 bits per heavy atom. The second-order valence-corrected chi connectivity index (χ2v) is 4.97. The summed E-state index contributed by atoms with van der Waals surface area (Å²) >= 11 is 0. The first-order chi connectivity index (χ1) is 9.47. The standard InChI is InChI=1S/C15H18N2O3/c1-15(17,14(16)18)9-11-4-6-12(7-5-11)20-10-13-3-2-8-19-13/h2-8H,9-10,17H2,1H3,(H2,16,18). The monoisotopic (exact) mass is 274 g/mol. The molecule has 1 atom stereocenters. The van der Waals surface area contributed by atoms with Crippen LogP contribution < -0.4 is 16.2 Å². The average molecular weight is 274 g/mol. The molecule has 0 aliphatic heterocycles. The van der Waals surface area contributed by atoms with Crippen molar-refractivity contribution >= 4 is 5.91 Å². The van der Waals surface area contributed by atoms with E-state index in [1.807, 2.05) is 36.4 Å². The van der Waals surface area contributed by atoms with Gasteiger partial charge < -0.3 is 20.6 Å². The normalized spacial score (nSPS) is 13.7. The van der Waals surface area contributed by atoms with Gasteiger partial charge in [0, 0.05) is 0 Å². The van der Waals surface area contributed by atoms with Crippen LogP contribution in [0.2, 0.25) is 0 Å². The number of amides is 1. The summed E-state index contributed by atoms with van der Waals surface area (Å²) < 4.78 is 10.7. The Bertz CT molecular complexity index is 559. The van der Waals surface area contributed by atoms with E-state index in [4.69, 9.17) is 20.6 Å². The maximum Gasteiger partial charge on any atom is 0.237 e. The van der Waals surface area contributed by atoms with Gasteiger partial charge in [-0.15, -0.1) is 0 Å². The number of ether oxygens (including phenoxy) is 1. The van der Waals surface area contributed by atoms with Crippen molar-refractivity contribution in [1.82, 2.24) is 0 Å². The van der Waals surface area contributed by atoms with Crippen LogP contribution in [0.4, 0.5) is 0 Å². The van der Waals surface area contributed by atoms with Crippen molar-refractivity contribution in [3.63, 3.8) is 0 Å². The van der Waals surface area contributed by atoms with Crippen molar-refractivity contribution in [2.24, 2.45) is 11.5 Å². The molecule has 5 nitrogen and oxygen atoms in total. The number of nitrogens with two attached hydrogens (primary N) is 2. The van der Waals surface area contributed by atoms with Crippen LogP contribution >= 0.6 is 0 Å². The first kappa shape index (κ1) is 14.1. The highest BCUT2D eigenvalue weighted by molar-refractivity contribution is 5.84. The summed E-state index contributed by atoms with van der Waals surface area (Å²) in [6.07, 6.45) is 1.99. The molecule has 5 heteroatoms. The van der Waals surface area contributed by atoms with Crippen LogP contribution in [0.5, 0.6) is 5.75 Å². The first-order valence-electron chi connectivity index (χ1n) is 6.30. The molecule has 0 spiro atoms. The molecule has 1 amide bonds. The molecule has 1 heterocycles. The highest BCUT2D eigenvalue weighted by Crippen LogP contribution is 2.17. The summed E-state index contributed by atoms with van der Waals surface area (Å²) in [4.78, 5) is 11.2. The predicted octanol–water partition coefficient (Wildman–Crippen LogP) is 1.60. The van der Waals surface area contributed by atoms with Gasteiger partial charge in [-0.05, 0) is 43.2 Å². The van der Waals surface area contributed by atoms with Gasteiger partial charge in [0.2, 0.25) is 5.91 Å². The van der Waals surface area contributed by atoms with Gasteiger partial charge in [0.05, 0.1) is 11.8 Å². The topological polar surface area (TPSA) is 91.5 Å². The van der Waals surface area contributed by atoms with Crippen LogP contribution in [0.1, 0.15) is 18.2 Å². The van der Waals surface area contributed by atoms with Crippen LogP contribution in [0.3, 0.4) is 0 Å². The molecule has 1 aromatic heterocycles. The second-order valence-electron chi connectivity index (χ2n) is 4.97. The van der Waals surface area contributed by atoms with Crippen LogP contribution in [0.25, 0.3) is 0 Å². The number of benzene rings is 1. The van der Waals surface area contributed by atoms with E-state index in [2.05, 4.69) is 0 Å². The van der Waals surface area contributed by atoms with E-state index in [1.165, 1.54) is 0 Å². The van der Waals surface area contributed by atoms with Crippen molar-refractivity contribution in [1.29, 1.82) is 0 Å². The van der Waals surface area contributed by atoms with Gasteiger partial charge in [0.25, 0.3) is 0 Å². The molecule has 0 aliphatic rings. The highest BCUT2D eigenvalue weighted by atomic mass is 16.5. The molecule has 0 radical (unpaired) electrons. The van der Waals surface area contributed by atoms with E-state index >= 15 is 0 Å². The Morgan fingerprint density at radius 2 is 2.00 bits per heavy atom. The lowest BCUT2D eigenvalue weighted by atomic mass is 9.93. The van der Waals surface area contributed by atoms with Gasteiger partial charge in [-0.3, -0.25) is 4.79 Å². The van der Waals surface area contributed by atoms with Crippen molar-refractivity contribution in [3.05, 3.63) is 54.0 Å². The number of hydrogen-bond donors (Lipinski definition) is 2. The summed E-state index contributed by atoms with van der Waals surface area (Å²) in [5.41, 5.74) is 11.0. The quantitative estimate of drug-likeness (QED) is 0.837. The third-order valence-corrected chi connectivity index (χ3v) is 3.02. The molecule has 1 unspecified atom stereocenters. The molecule has 2 rings (SSSR count). The van der Waals surface area contributed by atoms with Crippen LogP contribution in [-0.2, 0) is 17.8 Å². The van der Waals surface area contributed by atoms with E-state index in [1.54, 1.807) is 13.2 Å². The molecule has 2 aromatic rings. The predicted molar refractivity (Wildman–Crippen MR) is 75.0 cm³/mol. The van der Waals surface area contributed by atoms with Crippen LogP contribution in [-0.4, -0.2) is 11.4 Å². The Balaban J connectivity index is 1.94. The Labute approximate surface area is 117 Å². The van der Waals surface area contributed by atoms with Gasteiger partial charge in [0.15, 0.2) is 0 Å². The molecular formula is C15H18N2O3. The fourth-order valence-electron chi connectivity index (χ4n) is 1.76. The zero-order valence-electron chi connectivity index (χ0n) is 11.3. The molecule has 0 bridgehead atoms. The van der Waals surface area contributed by atoms with E-state index < -0.39 is 11.4 Å². The molecule has 0 aliphatic carbocycles. The molecule has 4 N–H and O–H groups in total. The molecule has 0 saturated carbocycles. The van der Waals surface area contributed by atoms with Gasteiger partial charge in [-0.1, -0.05) is 12.1 Å². The van der Waals surface area contributed by atoms with Crippen LogP contribution in [0.15, 0.2) is 47.1 Å². The Hall–Kier alpha value is -2.27. The fourth-order valence-corrected chi connectivity index (χ4v) is 1.76. The zero-order valence-corrected chi connectivity index (χ0v) is 11.3. The minimum atomic E-state index is -1.05. The number of furan rings is 1. The molecule has 106 valence electrons. The molecule has 0 saturated heterocycles. The Morgan fingerprint density at radius 3 is 2.55 bits per heavy atom. The van der Waals surface area contributed by atoms with Gasteiger partial charge in [-0.25, -0.2) is 0 Å². The fraction of sp³-hybridized carbons (Fsp3) is 0.267. The maximum absolute atomic E-state index is 11.2. The average Bonchev–Trinajstić information content (AvgIpc) is 2.90. The summed E-state index contributed by atoms with van der Waals surface area (Å²) in [7, 11) is 0. The largest absolute Gasteiger partial charge is 0.486 e.